The Hall–Kier alpha value is -1.23. The molecule has 2 aromatic heterocycles. The summed E-state index contributed by atoms with van der Waals surface area (Å²) in [4.78, 5) is 5.51. The molecule has 0 saturated heterocycles. The van der Waals surface area contributed by atoms with Crippen LogP contribution in [0.2, 0.25) is 0 Å². The van der Waals surface area contributed by atoms with Crippen molar-refractivity contribution >= 4 is 32.8 Å². The first-order valence-electron chi connectivity index (χ1n) is 6.45. The number of hydrogen-bond acceptors (Lipinski definition) is 4. The minimum Gasteiger partial charge on any atom is -0.310 e. The number of nitrogens with one attached hydrogen (secondary N) is 1. The topological polar surface area (TPSA) is 24.9 Å². The summed E-state index contributed by atoms with van der Waals surface area (Å²) in [6.45, 7) is 3.14. The summed E-state index contributed by atoms with van der Waals surface area (Å²) in [5.41, 5.74) is 3.32. The van der Waals surface area contributed by atoms with Crippen LogP contribution in [-0.2, 0) is 6.42 Å². The number of aromatic nitrogens is 1. The molecular formula is C15H16N2S2. The first-order chi connectivity index (χ1) is 9.38. The van der Waals surface area contributed by atoms with E-state index in [0.717, 1.165) is 13.0 Å². The molecule has 0 saturated carbocycles. The number of hydrogen-bond donors (Lipinski definition) is 1. The molecule has 0 radical (unpaired) electrons. The van der Waals surface area contributed by atoms with Crippen LogP contribution in [0.1, 0.15) is 23.4 Å². The molecule has 1 unspecified atom stereocenters. The molecule has 0 aliphatic heterocycles. The maximum absolute atomic E-state index is 4.17. The Kier molecular flexibility index (Phi) is 3.92. The van der Waals surface area contributed by atoms with Gasteiger partial charge < -0.3 is 5.32 Å². The van der Waals surface area contributed by atoms with Crippen molar-refractivity contribution in [2.75, 3.05) is 6.54 Å². The lowest BCUT2D eigenvalue weighted by molar-refractivity contribution is 0.557. The lowest BCUT2D eigenvalue weighted by Gasteiger charge is -2.16. The van der Waals surface area contributed by atoms with Crippen molar-refractivity contribution < 1.29 is 0 Å². The molecule has 1 N–H and O–H groups in total. The van der Waals surface area contributed by atoms with E-state index < -0.39 is 0 Å². The maximum Gasteiger partial charge on any atom is 0.0794 e. The summed E-state index contributed by atoms with van der Waals surface area (Å²) in [5, 5.41) is 7.27. The van der Waals surface area contributed by atoms with Crippen LogP contribution in [0, 0.1) is 0 Å². The molecular weight excluding hydrogens is 272 g/mol. The van der Waals surface area contributed by atoms with E-state index in [0.29, 0.717) is 6.04 Å². The summed E-state index contributed by atoms with van der Waals surface area (Å²) >= 11 is 3.56. The van der Waals surface area contributed by atoms with Gasteiger partial charge in [0.1, 0.15) is 0 Å². The van der Waals surface area contributed by atoms with E-state index >= 15 is 0 Å². The Labute approximate surface area is 121 Å². The molecule has 0 spiro atoms. The SMILES string of the molecule is CCNC(Cc1cncs1)c1csc2ccccc12. The van der Waals surface area contributed by atoms with Crippen LogP contribution >= 0.6 is 22.7 Å². The molecule has 2 heterocycles. The Morgan fingerprint density at radius 2 is 2.16 bits per heavy atom. The van der Waals surface area contributed by atoms with Gasteiger partial charge in [0.05, 0.1) is 5.51 Å². The quantitative estimate of drug-likeness (QED) is 0.759. The summed E-state index contributed by atoms with van der Waals surface area (Å²) in [6, 6.07) is 9.02. The van der Waals surface area contributed by atoms with E-state index in [1.807, 2.05) is 23.0 Å². The van der Waals surface area contributed by atoms with E-state index in [2.05, 4.69) is 46.9 Å². The summed E-state index contributed by atoms with van der Waals surface area (Å²) < 4.78 is 1.37. The number of likely N-dealkylation sites (N-methyl/N-ethyl adjacent to an activating group) is 1. The van der Waals surface area contributed by atoms with E-state index in [1.165, 1.54) is 20.5 Å². The molecule has 0 aliphatic carbocycles. The monoisotopic (exact) mass is 288 g/mol. The average molecular weight is 288 g/mol. The van der Waals surface area contributed by atoms with E-state index in [1.54, 1.807) is 11.3 Å². The van der Waals surface area contributed by atoms with Gasteiger partial charge in [-0.15, -0.1) is 22.7 Å². The fourth-order valence-corrected chi connectivity index (χ4v) is 4.01. The van der Waals surface area contributed by atoms with Crippen molar-refractivity contribution in [3.8, 4) is 0 Å². The lowest BCUT2D eigenvalue weighted by Crippen LogP contribution is -2.22. The molecule has 2 nitrogen and oxygen atoms in total. The molecule has 0 aliphatic rings. The minimum absolute atomic E-state index is 0.376. The van der Waals surface area contributed by atoms with Gasteiger partial charge in [-0.2, -0.15) is 0 Å². The number of nitrogens with zero attached hydrogens (tertiary/aromatic N) is 1. The van der Waals surface area contributed by atoms with Crippen LogP contribution in [0.3, 0.4) is 0 Å². The summed E-state index contributed by atoms with van der Waals surface area (Å²) in [5.74, 6) is 0. The molecule has 4 heteroatoms. The van der Waals surface area contributed by atoms with Gasteiger partial charge >= 0.3 is 0 Å². The Morgan fingerprint density at radius 3 is 2.95 bits per heavy atom. The number of fused-ring (bicyclic) bond motifs is 1. The van der Waals surface area contributed by atoms with Crippen LogP contribution in [0.25, 0.3) is 10.1 Å². The second-order valence-electron chi connectivity index (χ2n) is 4.47. The van der Waals surface area contributed by atoms with E-state index in [9.17, 15) is 0 Å². The first kappa shape index (κ1) is 12.8. The van der Waals surface area contributed by atoms with Gasteiger partial charge in [-0.25, -0.2) is 0 Å². The van der Waals surface area contributed by atoms with Crippen molar-refractivity contribution in [2.24, 2.45) is 0 Å². The predicted molar refractivity (Wildman–Crippen MR) is 84.1 cm³/mol. The minimum atomic E-state index is 0.376. The van der Waals surface area contributed by atoms with Gasteiger partial charge in [0.25, 0.3) is 0 Å². The lowest BCUT2D eigenvalue weighted by atomic mass is 10.0. The van der Waals surface area contributed by atoms with Gasteiger partial charge in [0.15, 0.2) is 0 Å². The normalized spacial score (nSPS) is 12.9. The van der Waals surface area contributed by atoms with Gasteiger partial charge in [-0.05, 0) is 28.9 Å². The third-order valence-corrected chi connectivity index (χ3v) is 5.01. The Morgan fingerprint density at radius 1 is 1.26 bits per heavy atom. The van der Waals surface area contributed by atoms with Crippen LogP contribution < -0.4 is 5.32 Å². The summed E-state index contributed by atoms with van der Waals surface area (Å²) in [6.07, 6.45) is 2.99. The van der Waals surface area contributed by atoms with Gasteiger partial charge in [-0.1, -0.05) is 25.1 Å². The van der Waals surface area contributed by atoms with Crippen LogP contribution in [0.4, 0.5) is 0 Å². The third kappa shape index (κ3) is 2.71. The predicted octanol–water partition coefficient (Wildman–Crippen LogP) is 4.25. The van der Waals surface area contributed by atoms with Crippen molar-refractivity contribution in [3.63, 3.8) is 0 Å². The molecule has 1 atom stereocenters. The zero-order valence-electron chi connectivity index (χ0n) is 10.8. The second kappa shape index (κ2) is 5.82. The van der Waals surface area contributed by atoms with Crippen molar-refractivity contribution in [1.29, 1.82) is 0 Å². The molecule has 98 valence electrons. The van der Waals surface area contributed by atoms with Crippen LogP contribution in [0.5, 0.6) is 0 Å². The summed E-state index contributed by atoms with van der Waals surface area (Å²) in [7, 11) is 0. The highest BCUT2D eigenvalue weighted by molar-refractivity contribution is 7.17. The third-order valence-electron chi connectivity index (χ3n) is 3.23. The zero-order valence-corrected chi connectivity index (χ0v) is 12.4. The Balaban J connectivity index is 1.95. The van der Waals surface area contributed by atoms with Crippen molar-refractivity contribution in [2.45, 2.75) is 19.4 Å². The van der Waals surface area contributed by atoms with E-state index in [-0.39, 0.29) is 0 Å². The van der Waals surface area contributed by atoms with E-state index in [4.69, 9.17) is 0 Å². The largest absolute Gasteiger partial charge is 0.310 e. The van der Waals surface area contributed by atoms with Crippen LogP contribution in [-0.4, -0.2) is 11.5 Å². The molecule has 0 fully saturated rings. The number of thiophene rings is 1. The molecule has 19 heavy (non-hydrogen) atoms. The number of benzene rings is 1. The molecule has 0 bridgehead atoms. The van der Waals surface area contributed by atoms with Gasteiger partial charge in [-0.3, -0.25) is 4.98 Å². The molecule has 0 amide bonds. The highest BCUT2D eigenvalue weighted by Gasteiger charge is 2.16. The Bertz CT molecular complexity index is 643. The first-order valence-corrected chi connectivity index (χ1v) is 8.21. The zero-order chi connectivity index (χ0) is 13.1. The van der Waals surface area contributed by atoms with Crippen molar-refractivity contribution in [1.82, 2.24) is 10.3 Å². The maximum atomic E-state index is 4.17. The standard InChI is InChI=1S/C15H16N2S2/c1-2-17-14(7-11-8-16-10-19-11)13-9-18-15-6-4-3-5-12(13)15/h3-6,8-10,14,17H,2,7H2,1H3. The fourth-order valence-electron chi connectivity index (χ4n) is 2.35. The second-order valence-corrected chi connectivity index (χ2v) is 6.35. The van der Waals surface area contributed by atoms with Crippen molar-refractivity contribution in [3.05, 3.63) is 51.8 Å². The number of rotatable bonds is 5. The highest BCUT2D eigenvalue weighted by atomic mass is 32.1. The molecule has 1 aromatic carbocycles. The highest BCUT2D eigenvalue weighted by Crippen LogP contribution is 2.32. The molecule has 3 aromatic rings. The number of thiazole rings is 1. The van der Waals surface area contributed by atoms with Crippen LogP contribution in [0.15, 0.2) is 41.4 Å². The van der Waals surface area contributed by atoms with Gasteiger partial charge in [0, 0.05) is 28.2 Å². The smallest absolute Gasteiger partial charge is 0.0794 e. The average Bonchev–Trinajstić information content (AvgIpc) is 3.07. The fraction of sp³-hybridized carbons (Fsp3) is 0.267. The molecule has 3 rings (SSSR count). The van der Waals surface area contributed by atoms with Gasteiger partial charge in [0.2, 0.25) is 0 Å².